The van der Waals surface area contributed by atoms with Crippen LogP contribution in [0.4, 0.5) is 8.78 Å². The molecule has 2 fully saturated rings. The van der Waals surface area contributed by atoms with Crippen molar-refractivity contribution in [3.8, 4) is 0 Å². The smallest absolute Gasteiger partial charge is 0.140 e. The van der Waals surface area contributed by atoms with Gasteiger partial charge in [-0.1, -0.05) is 25.7 Å². The molecule has 1 aromatic carbocycles. The maximum absolute atomic E-state index is 13.2. The van der Waals surface area contributed by atoms with Gasteiger partial charge in [0.1, 0.15) is 17.4 Å². The van der Waals surface area contributed by atoms with Crippen LogP contribution in [0.1, 0.15) is 50.5 Å². The van der Waals surface area contributed by atoms with Crippen LogP contribution in [0.25, 0.3) is 0 Å². The molecule has 0 amide bonds. The summed E-state index contributed by atoms with van der Waals surface area (Å²) in [5.74, 6) is 0.558. The molecule has 0 saturated heterocycles. The molecule has 3 unspecified atom stereocenters. The first kappa shape index (κ1) is 14.7. The molecular formula is C18H22F2O. The first-order valence-corrected chi connectivity index (χ1v) is 8.09. The lowest BCUT2D eigenvalue weighted by atomic mass is 9.66. The Hall–Kier alpha value is -1.25. The monoisotopic (exact) mass is 292 g/mol. The summed E-state index contributed by atoms with van der Waals surface area (Å²) in [6, 6.07) is 3.39. The fourth-order valence-electron chi connectivity index (χ4n) is 4.22. The normalized spacial score (nSPS) is 29.0. The third-order valence-electron chi connectivity index (χ3n) is 5.30. The molecule has 0 heterocycles. The number of hydrogen-bond acceptors (Lipinski definition) is 1. The summed E-state index contributed by atoms with van der Waals surface area (Å²) in [5.41, 5.74) is 0.461. The van der Waals surface area contributed by atoms with Crippen molar-refractivity contribution in [2.24, 2.45) is 17.8 Å². The van der Waals surface area contributed by atoms with Gasteiger partial charge < -0.3 is 0 Å². The molecule has 0 N–H and O–H groups in total. The second-order valence-electron chi connectivity index (χ2n) is 6.74. The van der Waals surface area contributed by atoms with Crippen molar-refractivity contribution in [1.82, 2.24) is 0 Å². The van der Waals surface area contributed by atoms with Gasteiger partial charge in [0.2, 0.25) is 0 Å². The van der Waals surface area contributed by atoms with Crippen LogP contribution >= 0.6 is 0 Å². The highest BCUT2D eigenvalue weighted by Crippen LogP contribution is 2.43. The molecule has 2 saturated carbocycles. The molecule has 114 valence electrons. The first-order chi connectivity index (χ1) is 10.1. The van der Waals surface area contributed by atoms with Gasteiger partial charge in [-0.25, -0.2) is 8.78 Å². The number of rotatable bonds is 3. The molecule has 3 atom stereocenters. The lowest BCUT2D eigenvalue weighted by molar-refractivity contribution is -0.124. The molecule has 21 heavy (non-hydrogen) atoms. The standard InChI is InChI=1S/C18H22F2O/c19-16-7-12(8-17(20)11-16)9-18(21)15-6-5-13-3-1-2-4-14(13)10-15/h7-8,11,13-15H,1-6,9-10H2. The average molecular weight is 292 g/mol. The number of ketones is 1. The summed E-state index contributed by atoms with van der Waals surface area (Å²) in [6.45, 7) is 0. The first-order valence-electron chi connectivity index (χ1n) is 8.09. The molecule has 1 nitrogen and oxygen atoms in total. The van der Waals surface area contributed by atoms with E-state index in [1.807, 2.05) is 0 Å². The van der Waals surface area contributed by atoms with Crippen LogP contribution in [-0.2, 0) is 11.2 Å². The zero-order chi connectivity index (χ0) is 14.8. The number of Topliss-reactive ketones (excluding diaryl/α,β-unsaturated/α-hetero) is 1. The Morgan fingerprint density at radius 3 is 2.33 bits per heavy atom. The van der Waals surface area contributed by atoms with Crippen LogP contribution in [0.2, 0.25) is 0 Å². The highest BCUT2D eigenvalue weighted by molar-refractivity contribution is 5.83. The average Bonchev–Trinajstić information content (AvgIpc) is 2.45. The van der Waals surface area contributed by atoms with Crippen LogP contribution in [0.3, 0.4) is 0 Å². The van der Waals surface area contributed by atoms with Gasteiger partial charge in [0.15, 0.2) is 0 Å². The van der Waals surface area contributed by atoms with Gasteiger partial charge in [0, 0.05) is 18.4 Å². The molecule has 2 aliphatic rings. The maximum Gasteiger partial charge on any atom is 0.140 e. The molecule has 0 spiro atoms. The van der Waals surface area contributed by atoms with Gasteiger partial charge in [0.25, 0.3) is 0 Å². The lowest BCUT2D eigenvalue weighted by Crippen LogP contribution is -2.31. The zero-order valence-electron chi connectivity index (χ0n) is 12.3. The Labute approximate surface area is 124 Å². The number of halogens is 2. The summed E-state index contributed by atoms with van der Waals surface area (Å²) in [6.07, 6.45) is 8.46. The summed E-state index contributed by atoms with van der Waals surface area (Å²) in [4.78, 5) is 12.4. The lowest BCUT2D eigenvalue weighted by Gasteiger charge is -2.38. The number of hydrogen-bond donors (Lipinski definition) is 0. The molecule has 2 aliphatic carbocycles. The molecule has 0 bridgehead atoms. The fourth-order valence-corrected chi connectivity index (χ4v) is 4.22. The Morgan fingerprint density at radius 1 is 0.952 bits per heavy atom. The Kier molecular flexibility index (Phi) is 4.37. The molecule has 0 aliphatic heterocycles. The van der Waals surface area contributed by atoms with E-state index in [4.69, 9.17) is 0 Å². The fraction of sp³-hybridized carbons (Fsp3) is 0.611. The van der Waals surface area contributed by atoms with E-state index in [-0.39, 0.29) is 18.1 Å². The van der Waals surface area contributed by atoms with Crippen LogP contribution in [0.15, 0.2) is 18.2 Å². The second-order valence-corrected chi connectivity index (χ2v) is 6.74. The maximum atomic E-state index is 13.2. The quantitative estimate of drug-likeness (QED) is 0.790. The van der Waals surface area contributed by atoms with Gasteiger partial charge >= 0.3 is 0 Å². The van der Waals surface area contributed by atoms with Crippen LogP contribution in [-0.4, -0.2) is 5.78 Å². The minimum Gasteiger partial charge on any atom is -0.299 e. The predicted molar refractivity (Wildman–Crippen MR) is 77.9 cm³/mol. The minimum atomic E-state index is -0.603. The number of fused-ring (bicyclic) bond motifs is 1. The van der Waals surface area contributed by atoms with Crippen molar-refractivity contribution in [3.63, 3.8) is 0 Å². The third kappa shape index (κ3) is 3.50. The topological polar surface area (TPSA) is 17.1 Å². The largest absolute Gasteiger partial charge is 0.299 e. The van der Waals surface area contributed by atoms with Crippen molar-refractivity contribution in [3.05, 3.63) is 35.4 Å². The molecular weight excluding hydrogens is 270 g/mol. The summed E-state index contributed by atoms with van der Waals surface area (Å²) in [7, 11) is 0. The van der Waals surface area contributed by atoms with Crippen molar-refractivity contribution in [1.29, 1.82) is 0 Å². The second kappa shape index (κ2) is 6.25. The van der Waals surface area contributed by atoms with E-state index in [0.717, 1.165) is 31.2 Å². The Morgan fingerprint density at radius 2 is 1.62 bits per heavy atom. The van der Waals surface area contributed by atoms with Gasteiger partial charge in [-0.3, -0.25) is 4.79 Å². The van der Waals surface area contributed by atoms with E-state index in [1.54, 1.807) is 0 Å². The predicted octanol–water partition coefficient (Wildman–Crippen LogP) is 4.68. The molecule has 1 aromatic rings. The van der Waals surface area contributed by atoms with Gasteiger partial charge in [0.05, 0.1) is 0 Å². The van der Waals surface area contributed by atoms with Crippen LogP contribution < -0.4 is 0 Å². The Balaban J connectivity index is 1.62. The summed E-state index contributed by atoms with van der Waals surface area (Å²) >= 11 is 0. The van der Waals surface area contributed by atoms with E-state index in [9.17, 15) is 13.6 Å². The number of carbonyl (C=O) groups excluding carboxylic acids is 1. The Bertz CT molecular complexity index is 506. The molecule has 3 rings (SSSR count). The van der Waals surface area contributed by atoms with Crippen LogP contribution in [0.5, 0.6) is 0 Å². The van der Waals surface area contributed by atoms with E-state index in [1.165, 1.54) is 37.8 Å². The van der Waals surface area contributed by atoms with Crippen molar-refractivity contribution >= 4 is 5.78 Å². The highest BCUT2D eigenvalue weighted by atomic mass is 19.1. The number of benzene rings is 1. The van der Waals surface area contributed by atoms with Crippen molar-refractivity contribution < 1.29 is 13.6 Å². The number of carbonyl (C=O) groups is 1. The van der Waals surface area contributed by atoms with E-state index in [0.29, 0.717) is 11.5 Å². The van der Waals surface area contributed by atoms with Gasteiger partial charge in [-0.2, -0.15) is 0 Å². The molecule has 0 aromatic heterocycles. The van der Waals surface area contributed by atoms with E-state index >= 15 is 0 Å². The van der Waals surface area contributed by atoms with Crippen molar-refractivity contribution in [2.45, 2.75) is 51.4 Å². The third-order valence-corrected chi connectivity index (χ3v) is 5.30. The summed E-state index contributed by atoms with van der Waals surface area (Å²) < 4.78 is 26.4. The van der Waals surface area contributed by atoms with Crippen molar-refractivity contribution in [2.75, 3.05) is 0 Å². The van der Waals surface area contributed by atoms with E-state index in [2.05, 4.69) is 0 Å². The SMILES string of the molecule is O=C(Cc1cc(F)cc(F)c1)C1CCC2CCCCC2C1. The highest BCUT2D eigenvalue weighted by Gasteiger charge is 2.34. The molecule has 3 heteroatoms. The minimum absolute atomic E-state index is 0.0932. The van der Waals surface area contributed by atoms with Gasteiger partial charge in [-0.15, -0.1) is 0 Å². The zero-order valence-corrected chi connectivity index (χ0v) is 12.3. The van der Waals surface area contributed by atoms with Crippen LogP contribution in [0, 0.1) is 29.4 Å². The summed E-state index contributed by atoms with van der Waals surface area (Å²) in [5, 5.41) is 0. The van der Waals surface area contributed by atoms with E-state index < -0.39 is 11.6 Å². The molecule has 0 radical (unpaired) electrons. The van der Waals surface area contributed by atoms with Gasteiger partial charge in [-0.05, 0) is 48.8 Å².